The van der Waals surface area contributed by atoms with Gasteiger partial charge in [0.15, 0.2) is 0 Å². The van der Waals surface area contributed by atoms with E-state index < -0.39 is 24.1 Å². The Bertz CT molecular complexity index is 1280. The Kier molecular flexibility index (Phi) is 7.21. The van der Waals surface area contributed by atoms with Crippen molar-refractivity contribution in [2.45, 2.75) is 0 Å². The summed E-state index contributed by atoms with van der Waals surface area (Å²) in [6.07, 6.45) is 0. The number of rotatable bonds is 0. The highest BCUT2D eigenvalue weighted by molar-refractivity contribution is 6.02. The molecule has 0 fully saturated rings. The Morgan fingerprint density at radius 2 is 0.450 bits per heavy atom. The minimum atomic E-state index is -0.658. The summed E-state index contributed by atoms with van der Waals surface area (Å²) in [4.78, 5) is 66.7. The van der Waals surface area contributed by atoms with E-state index in [9.17, 15) is 19.2 Å². The zero-order valence-electron chi connectivity index (χ0n) is 20.4. The second-order valence-corrected chi connectivity index (χ2v) is 7.95. The molecule has 16 heteroatoms. The van der Waals surface area contributed by atoms with E-state index in [4.69, 9.17) is 0 Å². The van der Waals surface area contributed by atoms with Gasteiger partial charge in [-0.25, -0.2) is 39.1 Å². The second kappa shape index (κ2) is 11.4. The summed E-state index contributed by atoms with van der Waals surface area (Å²) in [7, 11) is 0. The third-order valence-corrected chi connectivity index (χ3v) is 4.93. The molecule has 200 valence electrons. The van der Waals surface area contributed by atoms with Crippen LogP contribution in [0.25, 0.3) is 0 Å². The molecule has 5 heterocycles. The number of aromatic nitrogens is 4. The lowest BCUT2D eigenvalue weighted by atomic mass is 10.4. The number of urea groups is 4. The molecule has 0 radical (unpaired) electrons. The fourth-order valence-corrected chi connectivity index (χ4v) is 3.35. The fourth-order valence-electron chi connectivity index (χ4n) is 3.35. The molecule has 8 N–H and O–H groups in total. The highest BCUT2D eigenvalue weighted by Crippen LogP contribution is 2.15. The number of fused-ring (bicyclic) bond motifs is 8. The average Bonchev–Trinajstić information content (AvgIpc) is 2.88. The lowest BCUT2D eigenvalue weighted by molar-refractivity contribution is 0.261. The maximum atomic E-state index is 12.5. The number of nitrogens with one attached hydrogen (secondary N) is 8. The summed E-state index contributed by atoms with van der Waals surface area (Å²) in [5, 5.41) is 20.3. The number of hydrogen-bond donors (Lipinski definition) is 8. The Labute approximate surface area is 225 Å². The molecule has 1 aliphatic heterocycles. The Hall–Kier alpha value is -6.32. The average molecular weight is 541 g/mol. The molecule has 0 unspecified atom stereocenters. The van der Waals surface area contributed by atoms with Crippen LogP contribution in [0.2, 0.25) is 0 Å². The SMILES string of the molecule is O=C1Nc2cccc(n2)NC(=O)Nc2cccc(n2)NC(=O)Nc2cccc(n2)NC(=O)Nc2cccc(n2)N1. The first-order valence-electron chi connectivity index (χ1n) is 11.6. The summed E-state index contributed by atoms with van der Waals surface area (Å²) >= 11 is 0. The van der Waals surface area contributed by atoms with Gasteiger partial charge < -0.3 is 0 Å². The Morgan fingerprint density at radius 3 is 0.600 bits per heavy atom. The van der Waals surface area contributed by atoms with Gasteiger partial charge in [0.05, 0.1) is 0 Å². The van der Waals surface area contributed by atoms with Crippen molar-refractivity contribution in [3.05, 3.63) is 72.8 Å². The molecule has 4 aromatic heterocycles. The van der Waals surface area contributed by atoms with Gasteiger partial charge >= 0.3 is 24.1 Å². The lowest BCUT2D eigenvalue weighted by Gasteiger charge is -2.12. The van der Waals surface area contributed by atoms with Gasteiger partial charge in [0.2, 0.25) is 0 Å². The first-order chi connectivity index (χ1) is 19.4. The van der Waals surface area contributed by atoms with Crippen molar-refractivity contribution in [3.63, 3.8) is 0 Å². The largest absolute Gasteiger partial charge is 0.326 e. The second-order valence-electron chi connectivity index (χ2n) is 7.95. The van der Waals surface area contributed by atoms with Crippen LogP contribution in [-0.4, -0.2) is 44.1 Å². The molecule has 0 aliphatic carbocycles. The zero-order valence-corrected chi connectivity index (χ0v) is 20.4. The van der Waals surface area contributed by atoms with E-state index >= 15 is 0 Å². The minimum absolute atomic E-state index is 0.142. The van der Waals surface area contributed by atoms with Crippen LogP contribution in [0.3, 0.4) is 0 Å². The van der Waals surface area contributed by atoms with Crippen LogP contribution in [0.4, 0.5) is 65.7 Å². The summed E-state index contributed by atoms with van der Waals surface area (Å²) in [6, 6.07) is 15.9. The van der Waals surface area contributed by atoms with E-state index in [0.29, 0.717) is 0 Å². The van der Waals surface area contributed by atoms with E-state index in [-0.39, 0.29) is 46.5 Å². The van der Waals surface area contributed by atoms with Crippen LogP contribution in [0.5, 0.6) is 0 Å². The fraction of sp³-hybridized carbons (Fsp3) is 0. The molecule has 0 saturated heterocycles. The minimum Gasteiger partial charge on any atom is -0.292 e. The molecular weight excluding hydrogens is 520 g/mol. The van der Waals surface area contributed by atoms with Gasteiger partial charge in [-0.05, 0) is 48.5 Å². The highest BCUT2D eigenvalue weighted by atomic mass is 16.2. The van der Waals surface area contributed by atoms with Crippen LogP contribution in [0, 0.1) is 0 Å². The maximum absolute atomic E-state index is 12.5. The monoisotopic (exact) mass is 540 g/mol. The third-order valence-electron chi connectivity index (χ3n) is 4.93. The normalized spacial score (nSPS) is 13.8. The molecule has 1 aliphatic rings. The number of nitrogens with zero attached hydrogens (tertiary/aromatic N) is 4. The van der Waals surface area contributed by atoms with Crippen LogP contribution in [0.1, 0.15) is 0 Å². The summed E-state index contributed by atoms with van der Waals surface area (Å²) < 4.78 is 0. The van der Waals surface area contributed by atoms with E-state index in [1.54, 1.807) is 24.3 Å². The number of hydrogen-bond acceptors (Lipinski definition) is 8. The van der Waals surface area contributed by atoms with Crippen LogP contribution in [0.15, 0.2) is 72.8 Å². The van der Waals surface area contributed by atoms with Crippen molar-refractivity contribution in [2.24, 2.45) is 0 Å². The molecule has 0 saturated carbocycles. The van der Waals surface area contributed by atoms with Gasteiger partial charge in [0.1, 0.15) is 46.5 Å². The predicted octanol–water partition coefficient (Wildman–Crippen LogP) is 4.16. The van der Waals surface area contributed by atoms with Crippen LogP contribution in [-0.2, 0) is 0 Å². The van der Waals surface area contributed by atoms with E-state index in [0.717, 1.165) is 0 Å². The van der Waals surface area contributed by atoms with Crippen molar-refractivity contribution in [3.8, 4) is 0 Å². The third kappa shape index (κ3) is 6.91. The summed E-state index contributed by atoms with van der Waals surface area (Å²) in [5.41, 5.74) is 0. The van der Waals surface area contributed by atoms with Crippen molar-refractivity contribution in [1.29, 1.82) is 0 Å². The highest BCUT2D eigenvalue weighted by Gasteiger charge is 2.12. The molecule has 0 spiro atoms. The summed E-state index contributed by atoms with van der Waals surface area (Å²) in [6.45, 7) is 0. The van der Waals surface area contributed by atoms with Gasteiger partial charge in [-0.3, -0.25) is 42.5 Å². The smallest absolute Gasteiger partial charge is 0.292 e. The first-order valence-corrected chi connectivity index (χ1v) is 11.6. The van der Waals surface area contributed by atoms with Crippen molar-refractivity contribution in [1.82, 2.24) is 19.9 Å². The van der Waals surface area contributed by atoms with E-state index in [2.05, 4.69) is 62.5 Å². The molecule has 16 nitrogen and oxygen atoms in total. The molecule has 40 heavy (non-hydrogen) atoms. The van der Waals surface area contributed by atoms with Gasteiger partial charge in [0.25, 0.3) is 0 Å². The quantitative estimate of drug-likeness (QED) is 0.162. The van der Waals surface area contributed by atoms with Crippen LogP contribution >= 0.6 is 0 Å². The van der Waals surface area contributed by atoms with E-state index in [1.807, 2.05) is 0 Å². The Morgan fingerprint density at radius 1 is 0.300 bits per heavy atom. The van der Waals surface area contributed by atoms with Gasteiger partial charge in [-0.1, -0.05) is 24.3 Å². The van der Waals surface area contributed by atoms with E-state index in [1.165, 1.54) is 48.5 Å². The first kappa shape index (κ1) is 25.3. The van der Waals surface area contributed by atoms with Gasteiger partial charge in [-0.15, -0.1) is 0 Å². The predicted molar refractivity (Wildman–Crippen MR) is 148 cm³/mol. The van der Waals surface area contributed by atoms with Crippen molar-refractivity contribution in [2.75, 3.05) is 42.5 Å². The molecule has 0 aromatic carbocycles. The molecular formula is C24H20N12O4. The van der Waals surface area contributed by atoms with Crippen molar-refractivity contribution < 1.29 is 19.2 Å². The molecule has 0 atom stereocenters. The van der Waals surface area contributed by atoms with Gasteiger partial charge in [0, 0.05) is 0 Å². The number of carbonyl (C=O) groups excluding carboxylic acids is 4. The zero-order chi connectivity index (χ0) is 27.9. The van der Waals surface area contributed by atoms with Crippen molar-refractivity contribution >= 4 is 70.7 Å². The topological polar surface area (TPSA) is 216 Å². The van der Waals surface area contributed by atoms with Crippen LogP contribution < -0.4 is 42.5 Å². The molecule has 4 aromatic rings. The number of anilines is 8. The molecule has 5 rings (SSSR count). The Balaban J connectivity index is 1.40. The maximum Gasteiger partial charge on any atom is 0.326 e. The lowest BCUT2D eigenvalue weighted by Crippen LogP contribution is -2.24. The molecule has 8 amide bonds. The summed E-state index contributed by atoms with van der Waals surface area (Å²) in [5.74, 6) is 1.14. The van der Waals surface area contributed by atoms with Gasteiger partial charge in [-0.2, -0.15) is 0 Å². The number of pyridine rings is 4. The molecule has 8 bridgehead atoms. The number of carbonyl (C=O) groups is 4. The number of amides is 8. The standard InChI is InChI=1S/C24H20N12O4/c37-21-29-13-5-1-6-14(25-13)30-22(38)32-16-8-3-10-18(27-16)34-24(40)36-20-12-4-11-19(28-20)35-23(39)33-17-9-2-7-15(26-17)31-21/h1-12H,(H8,25,26,27,28,29,30,31,32,33,34,35,36,37,38,39,40).